The third kappa shape index (κ3) is 2.89. The van der Waals surface area contributed by atoms with E-state index in [2.05, 4.69) is 40.2 Å². The standard InChI is InChI=1S/C12H22BrN3O/c1-6-12(3,17-7-2)11(14-4)10-9(13)8-15-16(10)5/h8,11,14H,6-7H2,1-5H3. The van der Waals surface area contributed by atoms with Crippen molar-refractivity contribution >= 4 is 15.9 Å². The van der Waals surface area contributed by atoms with E-state index in [9.17, 15) is 0 Å². The van der Waals surface area contributed by atoms with Crippen molar-refractivity contribution in [3.8, 4) is 0 Å². The first-order valence-corrected chi connectivity index (χ1v) is 6.78. The Balaban J connectivity index is 3.14. The molecule has 0 aliphatic rings. The molecule has 0 aromatic carbocycles. The quantitative estimate of drug-likeness (QED) is 0.878. The van der Waals surface area contributed by atoms with Gasteiger partial charge >= 0.3 is 0 Å². The van der Waals surface area contributed by atoms with E-state index in [-0.39, 0.29) is 11.6 Å². The first kappa shape index (κ1) is 14.7. The van der Waals surface area contributed by atoms with Gasteiger partial charge in [-0.15, -0.1) is 0 Å². The Morgan fingerprint density at radius 2 is 2.24 bits per heavy atom. The number of likely N-dealkylation sites (N-methyl/N-ethyl adjacent to an activating group) is 1. The van der Waals surface area contributed by atoms with Gasteiger partial charge in [-0.2, -0.15) is 5.10 Å². The van der Waals surface area contributed by atoms with Crippen LogP contribution in [0.15, 0.2) is 10.7 Å². The molecule has 4 nitrogen and oxygen atoms in total. The number of aryl methyl sites for hydroxylation is 1. The maximum atomic E-state index is 5.94. The molecule has 0 spiro atoms. The zero-order valence-electron chi connectivity index (χ0n) is 11.2. The molecule has 0 saturated carbocycles. The zero-order chi connectivity index (χ0) is 13.1. The van der Waals surface area contributed by atoms with Gasteiger partial charge in [0.15, 0.2) is 0 Å². The van der Waals surface area contributed by atoms with Crippen molar-refractivity contribution in [2.75, 3.05) is 13.7 Å². The van der Waals surface area contributed by atoms with E-state index in [4.69, 9.17) is 4.74 Å². The number of hydrogen-bond donors (Lipinski definition) is 1. The minimum Gasteiger partial charge on any atom is -0.374 e. The average Bonchev–Trinajstić information content (AvgIpc) is 2.62. The van der Waals surface area contributed by atoms with Crippen molar-refractivity contribution in [3.63, 3.8) is 0 Å². The first-order valence-electron chi connectivity index (χ1n) is 5.98. The van der Waals surface area contributed by atoms with Crippen molar-refractivity contribution < 1.29 is 4.74 Å². The van der Waals surface area contributed by atoms with Crippen LogP contribution < -0.4 is 5.32 Å². The molecule has 0 bridgehead atoms. The Bertz CT molecular complexity index is 347. The van der Waals surface area contributed by atoms with Crippen LogP contribution in [0, 0.1) is 0 Å². The molecule has 0 fully saturated rings. The number of nitrogens with one attached hydrogen (secondary N) is 1. The van der Waals surface area contributed by atoms with Crippen LogP contribution in [0.5, 0.6) is 0 Å². The lowest BCUT2D eigenvalue weighted by atomic mass is 9.90. The van der Waals surface area contributed by atoms with E-state index < -0.39 is 0 Å². The van der Waals surface area contributed by atoms with Crippen molar-refractivity contribution in [2.45, 2.75) is 38.8 Å². The summed E-state index contributed by atoms with van der Waals surface area (Å²) in [7, 11) is 3.91. The summed E-state index contributed by atoms with van der Waals surface area (Å²) in [6.45, 7) is 7.01. The molecule has 1 aromatic heterocycles. The van der Waals surface area contributed by atoms with Gasteiger partial charge in [0.2, 0.25) is 0 Å². The molecule has 2 atom stereocenters. The van der Waals surface area contributed by atoms with E-state index in [1.807, 2.05) is 31.9 Å². The molecular formula is C12H22BrN3O. The Kier molecular flexibility index (Phi) is 5.16. The highest BCUT2D eigenvalue weighted by atomic mass is 79.9. The van der Waals surface area contributed by atoms with Crippen LogP contribution in [0.2, 0.25) is 0 Å². The molecule has 17 heavy (non-hydrogen) atoms. The highest BCUT2D eigenvalue weighted by Gasteiger charge is 2.36. The minimum atomic E-state index is -0.236. The summed E-state index contributed by atoms with van der Waals surface area (Å²) in [6.07, 6.45) is 2.76. The highest BCUT2D eigenvalue weighted by Crippen LogP contribution is 2.35. The van der Waals surface area contributed by atoms with E-state index in [1.165, 1.54) is 0 Å². The lowest BCUT2D eigenvalue weighted by Crippen LogP contribution is -2.43. The number of aromatic nitrogens is 2. The minimum absolute atomic E-state index is 0.106. The molecule has 1 N–H and O–H groups in total. The van der Waals surface area contributed by atoms with Gasteiger partial charge in [-0.05, 0) is 43.2 Å². The molecule has 98 valence electrons. The van der Waals surface area contributed by atoms with Crippen LogP contribution in [-0.4, -0.2) is 29.0 Å². The molecule has 0 amide bonds. The molecule has 1 rings (SSSR count). The fourth-order valence-corrected chi connectivity index (χ4v) is 2.77. The molecule has 2 unspecified atom stereocenters. The summed E-state index contributed by atoms with van der Waals surface area (Å²) in [6, 6.07) is 0.106. The smallest absolute Gasteiger partial charge is 0.0861 e. The summed E-state index contributed by atoms with van der Waals surface area (Å²) in [5, 5.41) is 7.61. The van der Waals surface area contributed by atoms with Gasteiger partial charge in [0.25, 0.3) is 0 Å². The topological polar surface area (TPSA) is 39.1 Å². The largest absolute Gasteiger partial charge is 0.374 e. The van der Waals surface area contributed by atoms with Gasteiger partial charge in [-0.1, -0.05) is 6.92 Å². The fourth-order valence-electron chi connectivity index (χ4n) is 2.20. The second-order valence-electron chi connectivity index (χ2n) is 4.32. The van der Waals surface area contributed by atoms with Crippen LogP contribution in [0.3, 0.4) is 0 Å². The Morgan fingerprint density at radius 1 is 1.59 bits per heavy atom. The van der Waals surface area contributed by atoms with Crippen molar-refractivity contribution in [1.82, 2.24) is 15.1 Å². The number of hydrogen-bond acceptors (Lipinski definition) is 3. The Hall–Kier alpha value is -0.390. The normalized spacial score (nSPS) is 16.8. The van der Waals surface area contributed by atoms with Gasteiger partial charge in [0.1, 0.15) is 0 Å². The molecule has 5 heteroatoms. The first-order chi connectivity index (χ1) is 8.00. The molecule has 0 aliphatic carbocycles. The molecule has 0 saturated heterocycles. The molecule has 1 heterocycles. The number of ether oxygens (including phenoxy) is 1. The zero-order valence-corrected chi connectivity index (χ0v) is 12.8. The highest BCUT2D eigenvalue weighted by molar-refractivity contribution is 9.10. The predicted octanol–water partition coefficient (Wildman–Crippen LogP) is 2.65. The lowest BCUT2D eigenvalue weighted by Gasteiger charge is -2.36. The van der Waals surface area contributed by atoms with E-state index in [0.29, 0.717) is 6.61 Å². The SMILES string of the molecule is CCOC(C)(CC)C(NC)c1c(Br)cnn1C. The lowest BCUT2D eigenvalue weighted by molar-refractivity contribution is -0.0565. The average molecular weight is 304 g/mol. The van der Waals surface area contributed by atoms with Gasteiger partial charge in [0.05, 0.1) is 28.0 Å². The summed E-state index contributed by atoms with van der Waals surface area (Å²) in [4.78, 5) is 0. The summed E-state index contributed by atoms with van der Waals surface area (Å²) < 4.78 is 8.84. The molecule has 1 aromatic rings. The van der Waals surface area contributed by atoms with Gasteiger partial charge in [-0.25, -0.2) is 0 Å². The van der Waals surface area contributed by atoms with Gasteiger partial charge < -0.3 is 10.1 Å². The molecular weight excluding hydrogens is 282 g/mol. The maximum absolute atomic E-state index is 5.94. The van der Waals surface area contributed by atoms with Crippen molar-refractivity contribution in [2.24, 2.45) is 7.05 Å². The summed E-state index contributed by atoms with van der Waals surface area (Å²) >= 11 is 3.55. The van der Waals surface area contributed by atoms with Crippen molar-refractivity contribution in [3.05, 3.63) is 16.4 Å². The fraction of sp³-hybridized carbons (Fsp3) is 0.750. The number of nitrogens with zero attached hydrogens (tertiary/aromatic N) is 2. The monoisotopic (exact) mass is 303 g/mol. The van der Waals surface area contributed by atoms with Crippen LogP contribution in [-0.2, 0) is 11.8 Å². The number of halogens is 1. The van der Waals surface area contributed by atoms with Crippen LogP contribution >= 0.6 is 15.9 Å². The summed E-state index contributed by atoms with van der Waals surface area (Å²) in [5.74, 6) is 0. The van der Waals surface area contributed by atoms with Crippen LogP contribution in [0.4, 0.5) is 0 Å². The Morgan fingerprint density at radius 3 is 2.59 bits per heavy atom. The van der Waals surface area contributed by atoms with Crippen LogP contribution in [0.1, 0.15) is 38.9 Å². The maximum Gasteiger partial charge on any atom is 0.0861 e. The van der Waals surface area contributed by atoms with Gasteiger partial charge in [-0.3, -0.25) is 4.68 Å². The van der Waals surface area contributed by atoms with E-state index in [0.717, 1.165) is 16.6 Å². The molecule has 0 aliphatic heterocycles. The third-order valence-corrected chi connectivity index (χ3v) is 3.90. The van der Waals surface area contributed by atoms with Gasteiger partial charge in [0, 0.05) is 13.7 Å². The predicted molar refractivity (Wildman–Crippen MR) is 73.0 cm³/mol. The van der Waals surface area contributed by atoms with E-state index >= 15 is 0 Å². The van der Waals surface area contributed by atoms with Crippen molar-refractivity contribution in [1.29, 1.82) is 0 Å². The molecule has 0 radical (unpaired) electrons. The van der Waals surface area contributed by atoms with E-state index in [1.54, 1.807) is 0 Å². The second kappa shape index (κ2) is 5.98. The Labute approximate surface area is 112 Å². The third-order valence-electron chi connectivity index (χ3n) is 3.29. The summed E-state index contributed by atoms with van der Waals surface area (Å²) in [5.41, 5.74) is 0.880. The second-order valence-corrected chi connectivity index (χ2v) is 5.18. The number of rotatable bonds is 6. The van der Waals surface area contributed by atoms with Crippen LogP contribution in [0.25, 0.3) is 0 Å².